The lowest BCUT2D eigenvalue weighted by Gasteiger charge is -2.07. The molecule has 20 heavy (non-hydrogen) atoms. The van der Waals surface area contributed by atoms with E-state index in [4.69, 9.17) is 0 Å². The molecule has 0 saturated carbocycles. The van der Waals surface area contributed by atoms with Crippen molar-refractivity contribution in [2.45, 2.75) is 20.3 Å². The van der Waals surface area contributed by atoms with Gasteiger partial charge in [0.15, 0.2) is 0 Å². The van der Waals surface area contributed by atoms with E-state index in [1.807, 2.05) is 24.5 Å². The molecule has 0 unspecified atom stereocenters. The van der Waals surface area contributed by atoms with Gasteiger partial charge in [-0.25, -0.2) is 0 Å². The average Bonchev–Trinajstić information content (AvgIpc) is 2.81. The minimum absolute atomic E-state index is 0.970. The van der Waals surface area contributed by atoms with E-state index in [9.17, 15) is 0 Å². The molecule has 0 aromatic carbocycles. The molecule has 0 amide bonds. The standard InChI is InChI=1S/C16H18N4/c1-3-6-18-12-4-8-19-15(9-12)16-11(2)20-14-5-7-17-10-13(14)16/h4-5,7-10,20H,3,6H2,1-2H3,(H,18,19). The lowest BCUT2D eigenvalue weighted by Crippen LogP contribution is -2.00. The van der Waals surface area contributed by atoms with Crippen molar-refractivity contribution in [1.82, 2.24) is 15.0 Å². The van der Waals surface area contributed by atoms with Gasteiger partial charge in [-0.3, -0.25) is 9.97 Å². The Hall–Kier alpha value is -2.36. The van der Waals surface area contributed by atoms with Gasteiger partial charge < -0.3 is 10.3 Å². The van der Waals surface area contributed by atoms with Gasteiger partial charge in [0, 0.05) is 53.0 Å². The fourth-order valence-corrected chi connectivity index (χ4v) is 2.45. The molecule has 0 aliphatic rings. The molecule has 4 heteroatoms. The normalized spacial score (nSPS) is 10.9. The highest BCUT2D eigenvalue weighted by Crippen LogP contribution is 2.31. The summed E-state index contributed by atoms with van der Waals surface area (Å²) in [5.41, 5.74) is 5.43. The molecular weight excluding hydrogens is 248 g/mol. The highest BCUT2D eigenvalue weighted by Gasteiger charge is 2.11. The van der Waals surface area contributed by atoms with Crippen LogP contribution in [-0.4, -0.2) is 21.5 Å². The van der Waals surface area contributed by atoms with Crippen molar-refractivity contribution in [2.24, 2.45) is 0 Å². The highest BCUT2D eigenvalue weighted by atomic mass is 14.9. The molecule has 0 spiro atoms. The van der Waals surface area contributed by atoms with E-state index < -0.39 is 0 Å². The minimum Gasteiger partial charge on any atom is -0.385 e. The Morgan fingerprint density at radius 1 is 1.25 bits per heavy atom. The van der Waals surface area contributed by atoms with E-state index in [-0.39, 0.29) is 0 Å². The lowest BCUT2D eigenvalue weighted by molar-refractivity contribution is 0.979. The number of aromatic nitrogens is 3. The summed E-state index contributed by atoms with van der Waals surface area (Å²) in [7, 11) is 0. The molecule has 3 aromatic heterocycles. The number of aryl methyl sites for hydroxylation is 1. The van der Waals surface area contributed by atoms with Crippen LogP contribution >= 0.6 is 0 Å². The Kier molecular flexibility index (Phi) is 3.37. The molecule has 0 saturated heterocycles. The van der Waals surface area contributed by atoms with Gasteiger partial charge in [0.05, 0.1) is 5.69 Å². The van der Waals surface area contributed by atoms with Crippen LogP contribution in [0.3, 0.4) is 0 Å². The van der Waals surface area contributed by atoms with Crippen molar-refractivity contribution in [2.75, 3.05) is 11.9 Å². The van der Waals surface area contributed by atoms with Gasteiger partial charge in [-0.05, 0) is 31.5 Å². The van der Waals surface area contributed by atoms with E-state index in [1.165, 1.54) is 0 Å². The Morgan fingerprint density at radius 2 is 2.15 bits per heavy atom. The largest absolute Gasteiger partial charge is 0.385 e. The second-order valence-corrected chi connectivity index (χ2v) is 4.90. The minimum atomic E-state index is 0.970. The molecular formula is C16H18N4. The van der Waals surface area contributed by atoms with E-state index >= 15 is 0 Å². The van der Waals surface area contributed by atoms with Crippen molar-refractivity contribution in [3.63, 3.8) is 0 Å². The molecule has 3 heterocycles. The summed E-state index contributed by atoms with van der Waals surface area (Å²) in [6.45, 7) is 5.20. The number of nitrogens with one attached hydrogen (secondary N) is 2. The van der Waals surface area contributed by atoms with Gasteiger partial charge in [-0.2, -0.15) is 0 Å². The summed E-state index contributed by atoms with van der Waals surface area (Å²) < 4.78 is 0. The smallest absolute Gasteiger partial charge is 0.0747 e. The van der Waals surface area contributed by atoms with Gasteiger partial charge >= 0.3 is 0 Å². The van der Waals surface area contributed by atoms with E-state index in [0.717, 1.165) is 46.5 Å². The number of fused-ring (bicyclic) bond motifs is 1. The molecule has 102 valence electrons. The Bertz CT molecular complexity index is 730. The first-order chi connectivity index (χ1) is 9.79. The fraction of sp³-hybridized carbons (Fsp3) is 0.250. The number of hydrogen-bond acceptors (Lipinski definition) is 3. The SMILES string of the molecule is CCCNc1ccnc(-c2c(C)[nH]c3ccncc23)c1. The highest BCUT2D eigenvalue weighted by molar-refractivity contribution is 5.96. The number of hydrogen-bond donors (Lipinski definition) is 2. The zero-order valence-corrected chi connectivity index (χ0v) is 11.8. The second kappa shape index (κ2) is 5.33. The number of nitrogens with zero attached hydrogens (tertiary/aromatic N) is 2. The van der Waals surface area contributed by atoms with Crippen LogP contribution in [0.25, 0.3) is 22.2 Å². The predicted molar refractivity (Wildman–Crippen MR) is 82.8 cm³/mol. The summed E-state index contributed by atoms with van der Waals surface area (Å²) in [6, 6.07) is 6.09. The maximum absolute atomic E-state index is 4.51. The zero-order valence-electron chi connectivity index (χ0n) is 11.8. The van der Waals surface area contributed by atoms with E-state index in [1.54, 1.807) is 6.20 Å². The third-order valence-electron chi connectivity index (χ3n) is 3.38. The van der Waals surface area contributed by atoms with Crippen molar-refractivity contribution in [3.8, 4) is 11.3 Å². The Labute approximate surface area is 118 Å². The number of aromatic amines is 1. The van der Waals surface area contributed by atoms with Crippen molar-refractivity contribution >= 4 is 16.6 Å². The summed E-state index contributed by atoms with van der Waals surface area (Å²) in [5, 5.41) is 4.51. The third-order valence-corrected chi connectivity index (χ3v) is 3.38. The van der Waals surface area contributed by atoms with Gasteiger partial charge in [0.1, 0.15) is 0 Å². The van der Waals surface area contributed by atoms with Gasteiger partial charge in [0.25, 0.3) is 0 Å². The summed E-state index contributed by atoms with van der Waals surface area (Å²) in [5.74, 6) is 0. The van der Waals surface area contributed by atoms with Crippen molar-refractivity contribution in [1.29, 1.82) is 0 Å². The third kappa shape index (κ3) is 2.25. The number of anilines is 1. The van der Waals surface area contributed by atoms with Crippen LogP contribution in [0.15, 0.2) is 36.8 Å². The average molecular weight is 266 g/mol. The van der Waals surface area contributed by atoms with Gasteiger partial charge in [-0.1, -0.05) is 6.92 Å². The van der Waals surface area contributed by atoms with Gasteiger partial charge in [0.2, 0.25) is 0 Å². The predicted octanol–water partition coefficient (Wildman–Crippen LogP) is 3.76. The molecule has 3 rings (SSSR count). The Morgan fingerprint density at radius 3 is 3.00 bits per heavy atom. The Balaban J connectivity index is 2.08. The first kappa shape index (κ1) is 12.7. The van der Waals surface area contributed by atoms with E-state index in [2.05, 4.69) is 40.2 Å². The van der Waals surface area contributed by atoms with Crippen LogP contribution in [-0.2, 0) is 0 Å². The molecule has 3 aromatic rings. The molecule has 4 nitrogen and oxygen atoms in total. The van der Waals surface area contributed by atoms with Crippen LogP contribution in [0.1, 0.15) is 19.0 Å². The van der Waals surface area contributed by atoms with Crippen LogP contribution < -0.4 is 5.32 Å². The van der Waals surface area contributed by atoms with E-state index in [0.29, 0.717) is 0 Å². The first-order valence-electron chi connectivity index (χ1n) is 6.92. The molecule has 0 fully saturated rings. The van der Waals surface area contributed by atoms with Gasteiger partial charge in [-0.15, -0.1) is 0 Å². The topological polar surface area (TPSA) is 53.6 Å². The summed E-state index contributed by atoms with van der Waals surface area (Å²) in [4.78, 5) is 12.1. The molecule has 2 N–H and O–H groups in total. The second-order valence-electron chi connectivity index (χ2n) is 4.90. The molecule has 0 atom stereocenters. The fourth-order valence-electron chi connectivity index (χ4n) is 2.45. The number of H-pyrrole nitrogens is 1. The van der Waals surface area contributed by atoms with Crippen molar-refractivity contribution < 1.29 is 0 Å². The van der Waals surface area contributed by atoms with Crippen LogP contribution in [0, 0.1) is 6.92 Å². The van der Waals surface area contributed by atoms with Crippen LogP contribution in [0.4, 0.5) is 5.69 Å². The van der Waals surface area contributed by atoms with Crippen LogP contribution in [0.2, 0.25) is 0 Å². The summed E-state index contributed by atoms with van der Waals surface area (Å²) >= 11 is 0. The quantitative estimate of drug-likeness (QED) is 0.756. The maximum Gasteiger partial charge on any atom is 0.0747 e. The van der Waals surface area contributed by atoms with Crippen LogP contribution in [0.5, 0.6) is 0 Å². The lowest BCUT2D eigenvalue weighted by atomic mass is 10.1. The maximum atomic E-state index is 4.51. The zero-order chi connectivity index (χ0) is 13.9. The monoisotopic (exact) mass is 266 g/mol. The molecule has 0 aliphatic heterocycles. The summed E-state index contributed by atoms with van der Waals surface area (Å²) in [6.07, 6.45) is 6.65. The number of rotatable bonds is 4. The molecule has 0 bridgehead atoms. The number of pyridine rings is 2. The first-order valence-corrected chi connectivity index (χ1v) is 6.92. The molecule has 0 aliphatic carbocycles. The molecule has 0 radical (unpaired) electrons. The van der Waals surface area contributed by atoms with Crippen molar-refractivity contribution in [3.05, 3.63) is 42.5 Å².